The first-order valence-electron chi connectivity index (χ1n) is 5.53. The summed E-state index contributed by atoms with van der Waals surface area (Å²) in [5, 5.41) is 5.59. The lowest BCUT2D eigenvalue weighted by molar-refractivity contribution is -0.152. The van der Waals surface area contributed by atoms with Crippen LogP contribution in [0.4, 0.5) is 0 Å². The molecule has 0 aromatic rings. The van der Waals surface area contributed by atoms with Crippen LogP contribution in [0.3, 0.4) is 0 Å². The number of rotatable bonds is 8. The van der Waals surface area contributed by atoms with Crippen molar-refractivity contribution >= 4 is 11.9 Å². The van der Waals surface area contributed by atoms with E-state index in [1.165, 1.54) is 14.2 Å². The molecule has 1 atom stereocenters. The number of amides is 1. The Kier molecular flexibility index (Phi) is 7.49. The van der Waals surface area contributed by atoms with Crippen molar-refractivity contribution in [1.82, 2.24) is 10.6 Å². The summed E-state index contributed by atoms with van der Waals surface area (Å²) in [6.07, 6.45) is 1.07. The van der Waals surface area contributed by atoms with E-state index < -0.39 is 11.5 Å². The standard InChI is InChI=1S/C11H22N2O4/c1-11(8-16-3,10(15)17-4)13-9(14)6-5-7-12-2/h12H,5-8H2,1-4H3,(H,13,14). The molecule has 1 unspecified atom stereocenters. The van der Waals surface area contributed by atoms with Crippen LogP contribution in [0.25, 0.3) is 0 Å². The van der Waals surface area contributed by atoms with Gasteiger partial charge in [0.1, 0.15) is 0 Å². The molecular weight excluding hydrogens is 224 g/mol. The Bertz CT molecular complexity index is 258. The van der Waals surface area contributed by atoms with Gasteiger partial charge in [0.25, 0.3) is 0 Å². The van der Waals surface area contributed by atoms with Crippen LogP contribution < -0.4 is 10.6 Å². The smallest absolute Gasteiger partial charge is 0.333 e. The van der Waals surface area contributed by atoms with E-state index in [1.807, 2.05) is 7.05 Å². The zero-order chi connectivity index (χ0) is 13.3. The zero-order valence-electron chi connectivity index (χ0n) is 11.0. The molecule has 100 valence electrons. The van der Waals surface area contributed by atoms with Crippen molar-refractivity contribution in [2.75, 3.05) is 34.4 Å². The minimum atomic E-state index is -1.12. The molecule has 1 amide bonds. The number of esters is 1. The van der Waals surface area contributed by atoms with Gasteiger partial charge in [0, 0.05) is 13.5 Å². The maximum atomic E-state index is 11.6. The Morgan fingerprint density at radius 2 is 1.94 bits per heavy atom. The van der Waals surface area contributed by atoms with Crippen molar-refractivity contribution < 1.29 is 19.1 Å². The molecule has 0 spiro atoms. The lowest BCUT2D eigenvalue weighted by atomic mass is 10.0. The Labute approximate surface area is 102 Å². The maximum Gasteiger partial charge on any atom is 0.333 e. The minimum Gasteiger partial charge on any atom is -0.467 e. The van der Waals surface area contributed by atoms with Gasteiger partial charge in [-0.1, -0.05) is 0 Å². The topological polar surface area (TPSA) is 76.7 Å². The molecule has 0 aromatic carbocycles. The molecule has 6 heteroatoms. The number of carbonyl (C=O) groups excluding carboxylic acids is 2. The SMILES string of the molecule is CNCCCC(=O)NC(C)(COC)C(=O)OC. The lowest BCUT2D eigenvalue weighted by Crippen LogP contribution is -2.55. The van der Waals surface area contributed by atoms with E-state index in [0.29, 0.717) is 12.8 Å². The number of hydrogen-bond donors (Lipinski definition) is 2. The van der Waals surface area contributed by atoms with Gasteiger partial charge in [-0.15, -0.1) is 0 Å². The summed E-state index contributed by atoms with van der Waals surface area (Å²) >= 11 is 0. The second-order valence-electron chi connectivity index (χ2n) is 4.01. The molecule has 0 saturated heterocycles. The number of ether oxygens (including phenoxy) is 2. The highest BCUT2D eigenvalue weighted by Crippen LogP contribution is 2.07. The monoisotopic (exact) mass is 246 g/mol. The van der Waals surface area contributed by atoms with Gasteiger partial charge < -0.3 is 20.1 Å². The van der Waals surface area contributed by atoms with Crippen molar-refractivity contribution in [3.63, 3.8) is 0 Å². The number of methoxy groups -OCH3 is 2. The average molecular weight is 246 g/mol. The highest BCUT2D eigenvalue weighted by atomic mass is 16.5. The minimum absolute atomic E-state index is 0.0808. The van der Waals surface area contributed by atoms with Crippen LogP contribution in [0.5, 0.6) is 0 Å². The first-order valence-corrected chi connectivity index (χ1v) is 5.53. The first-order chi connectivity index (χ1) is 8.00. The summed E-state index contributed by atoms with van der Waals surface area (Å²) in [6, 6.07) is 0. The number of nitrogens with one attached hydrogen (secondary N) is 2. The molecule has 17 heavy (non-hydrogen) atoms. The predicted octanol–water partition coefficient (Wildman–Crippen LogP) is -0.320. The lowest BCUT2D eigenvalue weighted by Gasteiger charge is -2.27. The van der Waals surface area contributed by atoms with E-state index in [4.69, 9.17) is 4.74 Å². The summed E-state index contributed by atoms with van der Waals surface area (Å²) in [4.78, 5) is 23.2. The summed E-state index contributed by atoms with van der Waals surface area (Å²) in [7, 11) is 4.57. The van der Waals surface area contributed by atoms with E-state index in [1.54, 1.807) is 6.92 Å². The van der Waals surface area contributed by atoms with Gasteiger partial charge in [0.05, 0.1) is 13.7 Å². The first kappa shape index (κ1) is 15.9. The third kappa shape index (κ3) is 5.65. The number of hydrogen-bond acceptors (Lipinski definition) is 5. The van der Waals surface area contributed by atoms with Crippen LogP contribution in [0.15, 0.2) is 0 Å². The zero-order valence-corrected chi connectivity index (χ0v) is 11.0. The largest absolute Gasteiger partial charge is 0.467 e. The molecule has 2 N–H and O–H groups in total. The Morgan fingerprint density at radius 3 is 2.41 bits per heavy atom. The average Bonchev–Trinajstić information content (AvgIpc) is 2.28. The molecule has 0 radical (unpaired) electrons. The predicted molar refractivity (Wildman–Crippen MR) is 63.6 cm³/mol. The Balaban J connectivity index is 4.33. The molecule has 0 aromatic heterocycles. The van der Waals surface area contributed by atoms with Gasteiger partial charge in [0.2, 0.25) is 5.91 Å². The van der Waals surface area contributed by atoms with E-state index in [2.05, 4.69) is 15.4 Å². The van der Waals surface area contributed by atoms with Crippen molar-refractivity contribution in [3.05, 3.63) is 0 Å². The molecule has 0 aliphatic rings. The van der Waals surface area contributed by atoms with Crippen LogP contribution in [0, 0.1) is 0 Å². The van der Waals surface area contributed by atoms with E-state index in [-0.39, 0.29) is 12.5 Å². The highest BCUT2D eigenvalue weighted by Gasteiger charge is 2.35. The van der Waals surface area contributed by atoms with Gasteiger partial charge in [-0.2, -0.15) is 0 Å². The summed E-state index contributed by atoms with van der Waals surface area (Å²) < 4.78 is 9.58. The molecule has 0 aliphatic heterocycles. The third-order valence-corrected chi connectivity index (χ3v) is 2.31. The van der Waals surface area contributed by atoms with Crippen molar-refractivity contribution in [3.8, 4) is 0 Å². The van der Waals surface area contributed by atoms with Crippen molar-refractivity contribution in [1.29, 1.82) is 0 Å². The van der Waals surface area contributed by atoms with Gasteiger partial charge >= 0.3 is 5.97 Å². The molecule has 0 aliphatic carbocycles. The molecule has 0 fully saturated rings. The van der Waals surface area contributed by atoms with Gasteiger partial charge in [-0.25, -0.2) is 4.79 Å². The van der Waals surface area contributed by atoms with E-state index in [0.717, 1.165) is 6.54 Å². The van der Waals surface area contributed by atoms with Crippen LogP contribution >= 0.6 is 0 Å². The van der Waals surface area contributed by atoms with E-state index in [9.17, 15) is 9.59 Å². The van der Waals surface area contributed by atoms with Gasteiger partial charge in [0.15, 0.2) is 5.54 Å². The molecule has 6 nitrogen and oxygen atoms in total. The summed E-state index contributed by atoms with van der Waals surface area (Å²) in [5.41, 5.74) is -1.12. The quantitative estimate of drug-likeness (QED) is 0.453. The fourth-order valence-electron chi connectivity index (χ4n) is 1.46. The molecule has 0 saturated carbocycles. The van der Waals surface area contributed by atoms with Crippen LogP contribution in [0.1, 0.15) is 19.8 Å². The summed E-state index contributed by atoms with van der Waals surface area (Å²) in [5.74, 6) is -0.702. The summed E-state index contributed by atoms with van der Waals surface area (Å²) in [6.45, 7) is 2.42. The second-order valence-corrected chi connectivity index (χ2v) is 4.01. The normalized spacial score (nSPS) is 13.9. The van der Waals surface area contributed by atoms with Crippen molar-refractivity contribution in [2.45, 2.75) is 25.3 Å². The van der Waals surface area contributed by atoms with Crippen molar-refractivity contribution in [2.24, 2.45) is 0 Å². The Hall–Kier alpha value is -1.14. The highest BCUT2D eigenvalue weighted by molar-refractivity contribution is 5.87. The fraction of sp³-hybridized carbons (Fsp3) is 0.818. The number of carbonyl (C=O) groups is 2. The fourth-order valence-corrected chi connectivity index (χ4v) is 1.46. The van der Waals surface area contributed by atoms with Gasteiger partial charge in [-0.05, 0) is 26.9 Å². The molecular formula is C11H22N2O4. The maximum absolute atomic E-state index is 11.6. The van der Waals surface area contributed by atoms with Gasteiger partial charge in [-0.3, -0.25) is 4.79 Å². The van der Waals surface area contributed by atoms with Crippen LogP contribution in [-0.2, 0) is 19.1 Å². The van der Waals surface area contributed by atoms with Crippen LogP contribution in [-0.4, -0.2) is 51.8 Å². The second kappa shape index (κ2) is 8.03. The molecule has 0 bridgehead atoms. The molecule has 0 rings (SSSR count). The third-order valence-electron chi connectivity index (χ3n) is 2.31. The van der Waals surface area contributed by atoms with E-state index >= 15 is 0 Å². The van der Waals surface area contributed by atoms with Crippen LogP contribution in [0.2, 0.25) is 0 Å². The Morgan fingerprint density at radius 1 is 1.29 bits per heavy atom. The molecule has 0 heterocycles.